The lowest BCUT2D eigenvalue weighted by molar-refractivity contribution is -0.146. The lowest BCUT2D eigenvalue weighted by atomic mass is 10.3. The summed E-state index contributed by atoms with van der Waals surface area (Å²) in [7, 11) is 1.47. The molecule has 0 radical (unpaired) electrons. The van der Waals surface area contributed by atoms with Crippen molar-refractivity contribution in [3.8, 4) is 5.75 Å². The van der Waals surface area contributed by atoms with Crippen LogP contribution in [-0.4, -0.2) is 31.3 Å². The van der Waals surface area contributed by atoms with Crippen LogP contribution in [-0.2, 0) is 14.3 Å². The van der Waals surface area contributed by atoms with Crippen LogP contribution in [0, 0.1) is 5.82 Å². The van der Waals surface area contributed by atoms with Crippen LogP contribution in [0.4, 0.5) is 10.1 Å². The molecule has 0 aliphatic carbocycles. The molecule has 0 saturated heterocycles. The smallest absolute Gasteiger partial charge is 0.307 e. The van der Waals surface area contributed by atoms with E-state index in [9.17, 15) is 14.0 Å². The summed E-state index contributed by atoms with van der Waals surface area (Å²) in [5.41, 5.74) is 0.396. The first-order valence-electron chi connectivity index (χ1n) is 7.65. The van der Waals surface area contributed by atoms with Crippen LogP contribution >= 0.6 is 23.4 Å². The fraction of sp³-hybridized carbons (Fsp3) is 0.222. The minimum absolute atomic E-state index is 0.135. The van der Waals surface area contributed by atoms with Gasteiger partial charge in [-0.1, -0.05) is 11.6 Å². The van der Waals surface area contributed by atoms with E-state index in [1.165, 1.54) is 31.0 Å². The Bertz CT molecular complexity index is 770. The van der Waals surface area contributed by atoms with Gasteiger partial charge < -0.3 is 14.8 Å². The van der Waals surface area contributed by atoms with Crippen molar-refractivity contribution >= 4 is 40.9 Å². The van der Waals surface area contributed by atoms with Gasteiger partial charge in [-0.05, 0) is 42.5 Å². The molecule has 0 spiro atoms. The van der Waals surface area contributed by atoms with Gasteiger partial charge in [-0.2, -0.15) is 0 Å². The van der Waals surface area contributed by atoms with E-state index in [4.69, 9.17) is 21.1 Å². The highest BCUT2D eigenvalue weighted by Gasteiger charge is 2.11. The number of thioether (sulfide) groups is 1. The third kappa shape index (κ3) is 6.57. The molecule has 26 heavy (non-hydrogen) atoms. The van der Waals surface area contributed by atoms with E-state index in [0.29, 0.717) is 22.2 Å². The number of benzene rings is 2. The summed E-state index contributed by atoms with van der Waals surface area (Å²) in [6.07, 6.45) is 0.135. The molecule has 2 aromatic rings. The molecule has 0 unspecified atom stereocenters. The second-order valence-electron chi connectivity index (χ2n) is 5.11. The minimum atomic E-state index is -0.495. The van der Waals surface area contributed by atoms with Gasteiger partial charge in [0.15, 0.2) is 6.61 Å². The lowest BCUT2D eigenvalue weighted by Gasteiger charge is -2.10. The molecule has 0 fully saturated rings. The van der Waals surface area contributed by atoms with E-state index < -0.39 is 18.5 Å². The van der Waals surface area contributed by atoms with Crippen LogP contribution in [0.15, 0.2) is 47.4 Å². The summed E-state index contributed by atoms with van der Waals surface area (Å²) in [6.45, 7) is -0.407. The van der Waals surface area contributed by atoms with E-state index in [1.54, 1.807) is 30.3 Å². The Morgan fingerprint density at radius 2 is 1.92 bits per heavy atom. The molecule has 2 aromatic carbocycles. The molecular formula is C18H17ClFNO4S. The summed E-state index contributed by atoms with van der Waals surface area (Å²) in [5.74, 6) is -0.382. The van der Waals surface area contributed by atoms with Gasteiger partial charge in [0.2, 0.25) is 0 Å². The fourth-order valence-electron chi connectivity index (χ4n) is 1.97. The van der Waals surface area contributed by atoms with Crippen LogP contribution < -0.4 is 10.1 Å². The SMILES string of the molecule is COc1ccc(Cl)cc1NC(=O)COC(=O)CCSc1ccc(F)cc1. The molecule has 1 N–H and O–H groups in total. The molecule has 5 nitrogen and oxygen atoms in total. The number of halogens is 2. The Balaban J connectivity index is 1.72. The number of anilines is 1. The van der Waals surface area contributed by atoms with Crippen LogP contribution in [0.5, 0.6) is 5.75 Å². The standard InChI is InChI=1S/C18H17ClFNO4S/c1-24-16-7-2-12(19)10-15(16)21-17(22)11-25-18(23)8-9-26-14-5-3-13(20)4-6-14/h2-7,10H,8-9,11H2,1H3,(H,21,22). The predicted octanol–water partition coefficient (Wildman–Crippen LogP) is 4.15. The van der Waals surface area contributed by atoms with Crippen LogP contribution in [0.25, 0.3) is 0 Å². The summed E-state index contributed by atoms with van der Waals surface area (Å²) in [6, 6.07) is 10.8. The number of ether oxygens (including phenoxy) is 2. The third-order valence-corrected chi connectivity index (χ3v) is 4.44. The monoisotopic (exact) mass is 397 g/mol. The van der Waals surface area contributed by atoms with Crippen molar-refractivity contribution in [2.75, 3.05) is 24.8 Å². The van der Waals surface area contributed by atoms with Crippen molar-refractivity contribution in [3.63, 3.8) is 0 Å². The second-order valence-corrected chi connectivity index (χ2v) is 6.71. The zero-order valence-electron chi connectivity index (χ0n) is 14.0. The molecule has 0 heterocycles. The van der Waals surface area contributed by atoms with Gasteiger partial charge in [0.25, 0.3) is 5.91 Å². The maximum absolute atomic E-state index is 12.8. The first-order valence-corrected chi connectivity index (χ1v) is 9.01. The predicted molar refractivity (Wildman–Crippen MR) is 99.3 cm³/mol. The Morgan fingerprint density at radius 3 is 2.62 bits per heavy atom. The lowest BCUT2D eigenvalue weighted by Crippen LogP contribution is -2.21. The minimum Gasteiger partial charge on any atom is -0.495 e. The van der Waals surface area contributed by atoms with Gasteiger partial charge in [0, 0.05) is 15.7 Å². The second kappa shape index (κ2) is 10.0. The van der Waals surface area contributed by atoms with Gasteiger partial charge in [0.05, 0.1) is 19.2 Å². The highest BCUT2D eigenvalue weighted by atomic mass is 35.5. The summed E-state index contributed by atoms with van der Waals surface area (Å²) in [4.78, 5) is 24.4. The molecule has 1 amide bonds. The number of methoxy groups -OCH3 is 1. The molecule has 138 valence electrons. The highest BCUT2D eigenvalue weighted by Crippen LogP contribution is 2.27. The molecule has 8 heteroatoms. The molecular weight excluding hydrogens is 381 g/mol. The number of hydrogen-bond donors (Lipinski definition) is 1. The number of amides is 1. The summed E-state index contributed by atoms with van der Waals surface area (Å²) in [5, 5.41) is 3.02. The van der Waals surface area contributed by atoms with E-state index in [-0.39, 0.29) is 12.2 Å². The average molecular weight is 398 g/mol. The number of esters is 1. The number of rotatable bonds is 8. The molecule has 0 bridgehead atoms. The third-order valence-electron chi connectivity index (χ3n) is 3.19. The van der Waals surface area contributed by atoms with Gasteiger partial charge in [0.1, 0.15) is 11.6 Å². The van der Waals surface area contributed by atoms with E-state index >= 15 is 0 Å². The van der Waals surface area contributed by atoms with Crippen molar-refractivity contribution < 1.29 is 23.5 Å². The summed E-state index contributed by atoms with van der Waals surface area (Å²) < 4.78 is 22.9. The Kier molecular flexibility index (Phi) is 7.74. The first-order chi connectivity index (χ1) is 12.5. The number of carbonyl (C=O) groups is 2. The van der Waals surface area contributed by atoms with Crippen LogP contribution in [0.3, 0.4) is 0 Å². The molecule has 0 aliphatic heterocycles. The Hall–Kier alpha value is -2.25. The topological polar surface area (TPSA) is 64.6 Å². The maximum Gasteiger partial charge on any atom is 0.307 e. The zero-order valence-corrected chi connectivity index (χ0v) is 15.5. The number of nitrogens with one attached hydrogen (secondary N) is 1. The molecule has 0 aliphatic rings. The van der Waals surface area contributed by atoms with E-state index in [2.05, 4.69) is 5.32 Å². The normalized spacial score (nSPS) is 10.3. The molecule has 0 saturated carbocycles. The van der Waals surface area contributed by atoms with Crippen molar-refractivity contribution in [2.24, 2.45) is 0 Å². The zero-order chi connectivity index (χ0) is 18.9. The fourth-order valence-corrected chi connectivity index (χ4v) is 2.97. The van der Waals surface area contributed by atoms with Crippen LogP contribution in [0.2, 0.25) is 5.02 Å². The van der Waals surface area contributed by atoms with Crippen LogP contribution in [0.1, 0.15) is 6.42 Å². The van der Waals surface area contributed by atoms with Crippen molar-refractivity contribution in [1.82, 2.24) is 0 Å². The van der Waals surface area contributed by atoms with E-state index in [1.807, 2.05) is 0 Å². The maximum atomic E-state index is 12.8. The summed E-state index contributed by atoms with van der Waals surface area (Å²) >= 11 is 7.29. The van der Waals surface area contributed by atoms with Gasteiger partial charge in [-0.25, -0.2) is 4.39 Å². The van der Waals surface area contributed by atoms with Gasteiger partial charge in [-0.3, -0.25) is 9.59 Å². The number of hydrogen-bond acceptors (Lipinski definition) is 5. The van der Waals surface area contributed by atoms with Crippen molar-refractivity contribution in [1.29, 1.82) is 0 Å². The van der Waals surface area contributed by atoms with Crippen molar-refractivity contribution in [2.45, 2.75) is 11.3 Å². The Morgan fingerprint density at radius 1 is 1.19 bits per heavy atom. The largest absolute Gasteiger partial charge is 0.495 e. The Labute approximate surface area is 159 Å². The molecule has 0 aromatic heterocycles. The quantitative estimate of drug-likeness (QED) is 0.535. The average Bonchev–Trinajstić information content (AvgIpc) is 2.62. The van der Waals surface area contributed by atoms with Crippen molar-refractivity contribution in [3.05, 3.63) is 53.3 Å². The van der Waals surface area contributed by atoms with Gasteiger partial charge in [-0.15, -0.1) is 11.8 Å². The van der Waals surface area contributed by atoms with E-state index in [0.717, 1.165) is 4.90 Å². The molecule has 2 rings (SSSR count). The highest BCUT2D eigenvalue weighted by molar-refractivity contribution is 7.99. The molecule has 0 atom stereocenters. The van der Waals surface area contributed by atoms with Gasteiger partial charge >= 0.3 is 5.97 Å². The first kappa shape index (κ1) is 20.1. The number of carbonyl (C=O) groups excluding carboxylic acids is 2.